The summed E-state index contributed by atoms with van der Waals surface area (Å²) in [5, 5.41) is 11.1. The third-order valence-electron chi connectivity index (χ3n) is 6.09. The second-order valence-corrected chi connectivity index (χ2v) is 9.72. The van der Waals surface area contributed by atoms with E-state index in [1.165, 1.54) is 6.07 Å². The fourth-order valence-electron chi connectivity index (χ4n) is 4.28. The molecule has 6 aromatic rings. The molecule has 0 aliphatic rings. The number of carbonyl (C=O) groups is 1. The molecule has 10 heteroatoms. The number of hydrogen-bond donors (Lipinski definition) is 3. The number of amides is 1. The van der Waals surface area contributed by atoms with Gasteiger partial charge in [-0.25, -0.2) is 4.98 Å². The van der Waals surface area contributed by atoms with Crippen molar-refractivity contribution < 1.29 is 9.18 Å². The third-order valence-corrected chi connectivity index (χ3v) is 6.97. The molecule has 0 aliphatic carbocycles. The minimum atomic E-state index is -0.251. The number of aromatic amines is 2. The van der Waals surface area contributed by atoms with Gasteiger partial charge >= 0.3 is 0 Å². The largest absolute Gasteiger partial charge is 0.353 e. The number of nitrogens with one attached hydrogen (secondary N) is 3. The number of halogens is 1. The Bertz CT molecular complexity index is 1750. The van der Waals surface area contributed by atoms with Crippen molar-refractivity contribution in [3.8, 4) is 33.2 Å². The number of unbranched alkanes of at least 4 members (excludes halogenated alkanes) is 1. The van der Waals surface area contributed by atoms with Crippen LogP contribution in [0.4, 0.5) is 10.1 Å². The predicted octanol–water partition coefficient (Wildman–Crippen LogP) is 6.56. The van der Waals surface area contributed by atoms with E-state index in [4.69, 9.17) is 4.98 Å². The van der Waals surface area contributed by atoms with E-state index in [1.807, 2.05) is 30.3 Å². The monoisotopic (exact) mass is 511 g/mol. The van der Waals surface area contributed by atoms with E-state index in [0.29, 0.717) is 34.7 Å². The number of H-pyrrole nitrogens is 2. The van der Waals surface area contributed by atoms with Crippen LogP contribution in [0.5, 0.6) is 0 Å². The first-order valence-corrected chi connectivity index (χ1v) is 12.7. The van der Waals surface area contributed by atoms with Crippen molar-refractivity contribution in [3.63, 3.8) is 0 Å². The van der Waals surface area contributed by atoms with Crippen molar-refractivity contribution in [2.24, 2.45) is 0 Å². The Labute approximate surface area is 215 Å². The highest BCUT2D eigenvalue weighted by Crippen LogP contribution is 2.35. The fourth-order valence-corrected chi connectivity index (χ4v) is 5.02. The molecule has 0 unspecified atom stereocenters. The molecule has 0 aromatic carbocycles. The summed E-state index contributed by atoms with van der Waals surface area (Å²) in [5.74, 6) is -0.0284. The summed E-state index contributed by atoms with van der Waals surface area (Å²) in [7, 11) is 0. The molecule has 0 radical (unpaired) electrons. The minimum absolute atomic E-state index is 0.0284. The highest BCUT2D eigenvalue weighted by Gasteiger charge is 2.17. The smallest absolute Gasteiger partial charge is 0.224 e. The van der Waals surface area contributed by atoms with Crippen molar-refractivity contribution in [2.75, 3.05) is 5.32 Å². The van der Waals surface area contributed by atoms with Crippen LogP contribution in [0.1, 0.15) is 26.2 Å². The van der Waals surface area contributed by atoms with Gasteiger partial charge in [0.25, 0.3) is 0 Å². The van der Waals surface area contributed by atoms with Crippen molar-refractivity contribution >= 4 is 44.9 Å². The van der Waals surface area contributed by atoms with Crippen LogP contribution in [0.3, 0.4) is 0 Å². The van der Waals surface area contributed by atoms with Gasteiger partial charge in [0.1, 0.15) is 11.2 Å². The molecule has 6 rings (SSSR count). The van der Waals surface area contributed by atoms with Crippen LogP contribution >= 0.6 is 11.3 Å². The topological polar surface area (TPSA) is 112 Å². The molecule has 8 nitrogen and oxygen atoms in total. The summed E-state index contributed by atoms with van der Waals surface area (Å²) in [6.07, 6.45) is 7.34. The van der Waals surface area contributed by atoms with Crippen LogP contribution in [-0.2, 0) is 4.79 Å². The first-order valence-electron chi connectivity index (χ1n) is 11.9. The van der Waals surface area contributed by atoms with E-state index in [9.17, 15) is 9.18 Å². The lowest BCUT2D eigenvalue weighted by molar-refractivity contribution is -0.116. The number of rotatable bonds is 7. The third kappa shape index (κ3) is 4.47. The van der Waals surface area contributed by atoms with E-state index in [-0.39, 0.29) is 11.0 Å². The summed E-state index contributed by atoms with van der Waals surface area (Å²) in [6, 6.07) is 12.7. The van der Waals surface area contributed by atoms with E-state index in [2.05, 4.69) is 37.4 Å². The normalized spacial score (nSPS) is 11.4. The second kappa shape index (κ2) is 9.55. The molecule has 0 bridgehead atoms. The van der Waals surface area contributed by atoms with Crippen LogP contribution in [-0.4, -0.2) is 36.0 Å². The number of pyridine rings is 3. The molecule has 6 heterocycles. The number of fused-ring (bicyclic) bond motifs is 2. The van der Waals surface area contributed by atoms with Crippen molar-refractivity contribution in [1.82, 2.24) is 30.1 Å². The van der Waals surface area contributed by atoms with E-state index >= 15 is 0 Å². The zero-order chi connectivity index (χ0) is 25.4. The zero-order valence-electron chi connectivity index (χ0n) is 19.9. The van der Waals surface area contributed by atoms with Gasteiger partial charge in [0, 0.05) is 35.3 Å². The molecule has 6 aromatic heterocycles. The molecule has 0 fully saturated rings. The lowest BCUT2D eigenvalue weighted by Crippen LogP contribution is -2.11. The highest BCUT2D eigenvalue weighted by molar-refractivity contribution is 7.13. The number of hydrogen-bond acceptors (Lipinski definition) is 6. The van der Waals surface area contributed by atoms with Gasteiger partial charge in [-0.2, -0.15) is 9.49 Å². The Balaban J connectivity index is 1.37. The highest BCUT2D eigenvalue weighted by atomic mass is 32.1. The average Bonchev–Trinajstić information content (AvgIpc) is 3.64. The number of thiophene rings is 1. The average molecular weight is 512 g/mol. The standard InChI is InChI=1S/C27H22FN7OS/c1-2-3-4-24(36)31-16-11-15(13-29-14-16)18-5-6-20-26(33-18)27(35-34-20)21-12-17-19(32-21)9-10-30-25(17)22-7-8-23(28)37-22/h5-14,32H,2-4H2,1H3,(H,31,36)(H,34,35). The Kier molecular flexibility index (Phi) is 5.93. The number of carbonyl (C=O) groups excluding carboxylic acids is 1. The zero-order valence-corrected chi connectivity index (χ0v) is 20.7. The fraction of sp³-hybridized carbons (Fsp3) is 0.148. The van der Waals surface area contributed by atoms with E-state index in [0.717, 1.165) is 56.7 Å². The van der Waals surface area contributed by atoms with Gasteiger partial charge in [0.15, 0.2) is 5.13 Å². The maximum absolute atomic E-state index is 13.7. The van der Waals surface area contributed by atoms with E-state index in [1.54, 1.807) is 24.7 Å². The lowest BCUT2D eigenvalue weighted by Gasteiger charge is -2.07. The first-order chi connectivity index (χ1) is 18.1. The van der Waals surface area contributed by atoms with Gasteiger partial charge < -0.3 is 10.3 Å². The molecular formula is C27H22FN7OS. The Hall–Kier alpha value is -4.44. The van der Waals surface area contributed by atoms with Gasteiger partial charge in [-0.15, -0.1) is 11.3 Å². The molecule has 184 valence electrons. The summed E-state index contributed by atoms with van der Waals surface area (Å²) < 4.78 is 13.7. The van der Waals surface area contributed by atoms with Crippen LogP contribution in [0.15, 0.2) is 61.1 Å². The molecule has 0 spiro atoms. The van der Waals surface area contributed by atoms with Crippen LogP contribution in [0.2, 0.25) is 0 Å². The van der Waals surface area contributed by atoms with Gasteiger partial charge in [0.2, 0.25) is 5.91 Å². The molecule has 0 atom stereocenters. The molecule has 37 heavy (non-hydrogen) atoms. The van der Waals surface area contributed by atoms with Gasteiger partial charge in [-0.1, -0.05) is 13.3 Å². The number of aromatic nitrogens is 6. The number of anilines is 1. The van der Waals surface area contributed by atoms with Gasteiger partial charge in [0.05, 0.1) is 39.4 Å². The minimum Gasteiger partial charge on any atom is -0.353 e. The second-order valence-electron chi connectivity index (χ2n) is 8.69. The molecule has 3 N–H and O–H groups in total. The van der Waals surface area contributed by atoms with Crippen molar-refractivity contribution in [2.45, 2.75) is 26.2 Å². The molecule has 0 saturated heterocycles. The molecule has 1 amide bonds. The maximum Gasteiger partial charge on any atom is 0.224 e. The van der Waals surface area contributed by atoms with Crippen LogP contribution in [0.25, 0.3) is 55.2 Å². The Morgan fingerprint density at radius 2 is 2.00 bits per heavy atom. The van der Waals surface area contributed by atoms with Gasteiger partial charge in [-0.3, -0.25) is 19.9 Å². The Morgan fingerprint density at radius 1 is 1.08 bits per heavy atom. The van der Waals surface area contributed by atoms with Crippen molar-refractivity contribution in [1.29, 1.82) is 0 Å². The molecular weight excluding hydrogens is 489 g/mol. The van der Waals surface area contributed by atoms with E-state index < -0.39 is 0 Å². The summed E-state index contributed by atoms with van der Waals surface area (Å²) in [5.41, 5.74) is 6.62. The lowest BCUT2D eigenvalue weighted by atomic mass is 10.1. The molecule has 0 aliphatic heterocycles. The molecule has 0 saturated carbocycles. The van der Waals surface area contributed by atoms with Gasteiger partial charge in [-0.05, 0) is 48.9 Å². The summed E-state index contributed by atoms with van der Waals surface area (Å²) in [4.78, 5) is 30.0. The number of nitrogens with zero attached hydrogens (tertiary/aromatic N) is 4. The summed E-state index contributed by atoms with van der Waals surface area (Å²) in [6.45, 7) is 2.05. The maximum atomic E-state index is 13.7. The predicted molar refractivity (Wildman–Crippen MR) is 144 cm³/mol. The SMILES string of the molecule is CCCCC(=O)Nc1cncc(-c2ccc3[nH]nc(-c4cc5c(-c6ccc(F)s6)nccc5[nH]4)c3n2)c1. The van der Waals surface area contributed by atoms with Crippen LogP contribution in [0, 0.1) is 5.13 Å². The summed E-state index contributed by atoms with van der Waals surface area (Å²) >= 11 is 1.06. The van der Waals surface area contributed by atoms with Crippen molar-refractivity contribution in [3.05, 3.63) is 66.2 Å². The quantitative estimate of drug-likeness (QED) is 0.225. The Morgan fingerprint density at radius 3 is 2.84 bits per heavy atom. The van der Waals surface area contributed by atoms with Crippen LogP contribution < -0.4 is 5.32 Å². The first kappa shape index (κ1) is 23.0.